The van der Waals surface area contributed by atoms with Crippen LogP contribution in [0.4, 0.5) is 0 Å². The van der Waals surface area contributed by atoms with Crippen molar-refractivity contribution in [3.63, 3.8) is 0 Å². The number of rotatable bonds is 7. The van der Waals surface area contributed by atoms with E-state index in [1.165, 1.54) is 11.3 Å². The maximum absolute atomic E-state index is 12.5. The molecule has 1 aromatic heterocycles. The highest BCUT2D eigenvalue weighted by Crippen LogP contribution is 2.12. The molecular weight excluding hydrogens is 284 g/mol. The Morgan fingerprint density at radius 2 is 2.00 bits per heavy atom. The Hall–Kier alpha value is -2.63. The minimum atomic E-state index is -1.05. The maximum Gasteiger partial charge on any atom is 0.323 e. The van der Waals surface area contributed by atoms with E-state index in [-0.39, 0.29) is 12.2 Å². The largest absolute Gasteiger partial charge is 0.480 e. The van der Waals surface area contributed by atoms with E-state index >= 15 is 0 Å². The molecule has 1 heterocycles. The number of carboxylic acids is 1. The standard InChI is InChI=1S/C16H18N2O4/c1-2-13-15(17-11-22-13)16(21)18(10-14(19)20)9-8-12-6-4-3-5-7-12/h3-7,11H,2,8-10H2,1H3,(H,19,20). The molecule has 0 spiro atoms. The van der Waals surface area contributed by atoms with Crippen molar-refractivity contribution in [1.82, 2.24) is 9.88 Å². The van der Waals surface area contributed by atoms with E-state index in [1.807, 2.05) is 37.3 Å². The van der Waals surface area contributed by atoms with Crippen LogP contribution in [0.2, 0.25) is 0 Å². The van der Waals surface area contributed by atoms with Gasteiger partial charge in [-0.1, -0.05) is 37.3 Å². The highest BCUT2D eigenvalue weighted by Gasteiger charge is 2.23. The molecule has 0 aliphatic heterocycles. The molecule has 116 valence electrons. The molecule has 0 aliphatic rings. The first-order valence-corrected chi connectivity index (χ1v) is 7.09. The van der Waals surface area contributed by atoms with Gasteiger partial charge in [-0.05, 0) is 12.0 Å². The third kappa shape index (κ3) is 3.94. The van der Waals surface area contributed by atoms with Gasteiger partial charge in [0.25, 0.3) is 5.91 Å². The summed E-state index contributed by atoms with van der Waals surface area (Å²) in [6, 6.07) is 9.61. The van der Waals surface area contributed by atoms with Crippen molar-refractivity contribution in [2.45, 2.75) is 19.8 Å². The fourth-order valence-corrected chi connectivity index (χ4v) is 2.17. The van der Waals surface area contributed by atoms with Gasteiger partial charge in [-0.2, -0.15) is 0 Å². The molecule has 1 N–H and O–H groups in total. The van der Waals surface area contributed by atoms with Crippen molar-refractivity contribution in [2.24, 2.45) is 0 Å². The van der Waals surface area contributed by atoms with Gasteiger partial charge in [0.1, 0.15) is 12.3 Å². The topological polar surface area (TPSA) is 83.6 Å². The van der Waals surface area contributed by atoms with E-state index in [0.29, 0.717) is 25.1 Å². The summed E-state index contributed by atoms with van der Waals surface area (Å²) in [5, 5.41) is 9.02. The molecule has 1 aromatic carbocycles. The summed E-state index contributed by atoms with van der Waals surface area (Å²) in [4.78, 5) is 28.7. The van der Waals surface area contributed by atoms with Gasteiger partial charge in [-0.3, -0.25) is 9.59 Å². The highest BCUT2D eigenvalue weighted by atomic mass is 16.4. The first-order valence-electron chi connectivity index (χ1n) is 7.09. The smallest absolute Gasteiger partial charge is 0.323 e. The molecule has 0 unspecified atom stereocenters. The fourth-order valence-electron chi connectivity index (χ4n) is 2.17. The molecule has 6 heteroatoms. The van der Waals surface area contributed by atoms with Crippen molar-refractivity contribution in [2.75, 3.05) is 13.1 Å². The van der Waals surface area contributed by atoms with E-state index in [4.69, 9.17) is 9.52 Å². The summed E-state index contributed by atoms with van der Waals surface area (Å²) >= 11 is 0. The molecule has 0 aliphatic carbocycles. The SMILES string of the molecule is CCc1ocnc1C(=O)N(CCc1ccccc1)CC(=O)O. The summed E-state index contributed by atoms with van der Waals surface area (Å²) in [5.74, 6) is -0.994. The van der Waals surface area contributed by atoms with Gasteiger partial charge in [0, 0.05) is 13.0 Å². The average Bonchev–Trinajstić information content (AvgIpc) is 3.00. The van der Waals surface area contributed by atoms with Crippen LogP contribution in [-0.2, 0) is 17.6 Å². The van der Waals surface area contributed by atoms with Crippen LogP contribution >= 0.6 is 0 Å². The number of aryl methyl sites for hydroxylation is 1. The number of oxazole rings is 1. The molecule has 0 saturated heterocycles. The average molecular weight is 302 g/mol. The summed E-state index contributed by atoms with van der Waals surface area (Å²) in [6.45, 7) is 1.80. The van der Waals surface area contributed by atoms with Gasteiger partial charge in [-0.25, -0.2) is 4.98 Å². The van der Waals surface area contributed by atoms with Crippen LogP contribution in [-0.4, -0.2) is 40.0 Å². The van der Waals surface area contributed by atoms with Gasteiger partial charge in [0.05, 0.1) is 0 Å². The fraction of sp³-hybridized carbons (Fsp3) is 0.312. The van der Waals surface area contributed by atoms with E-state index in [2.05, 4.69) is 4.98 Å². The third-order valence-corrected chi connectivity index (χ3v) is 3.29. The number of carbonyl (C=O) groups is 2. The Bertz CT molecular complexity index is 637. The zero-order valence-corrected chi connectivity index (χ0v) is 12.4. The predicted molar refractivity (Wildman–Crippen MR) is 79.6 cm³/mol. The van der Waals surface area contributed by atoms with Crippen LogP contribution in [0.3, 0.4) is 0 Å². The van der Waals surface area contributed by atoms with Crippen LogP contribution in [0.15, 0.2) is 41.1 Å². The molecule has 2 aromatic rings. The molecule has 0 bridgehead atoms. The van der Waals surface area contributed by atoms with Crippen LogP contribution in [0.25, 0.3) is 0 Å². The number of hydrogen-bond donors (Lipinski definition) is 1. The number of nitrogens with zero attached hydrogens (tertiary/aromatic N) is 2. The molecule has 22 heavy (non-hydrogen) atoms. The molecule has 1 amide bonds. The number of carboxylic acid groups (broad SMARTS) is 1. The Morgan fingerprint density at radius 3 is 2.64 bits per heavy atom. The molecule has 2 rings (SSSR count). The Morgan fingerprint density at radius 1 is 1.27 bits per heavy atom. The van der Waals surface area contributed by atoms with Crippen molar-refractivity contribution in [3.8, 4) is 0 Å². The number of carbonyl (C=O) groups excluding carboxylic acids is 1. The lowest BCUT2D eigenvalue weighted by atomic mass is 10.1. The molecular formula is C16H18N2O4. The minimum Gasteiger partial charge on any atom is -0.480 e. The van der Waals surface area contributed by atoms with Crippen LogP contribution in [0.5, 0.6) is 0 Å². The quantitative estimate of drug-likeness (QED) is 0.845. The molecule has 0 radical (unpaired) electrons. The molecule has 0 saturated carbocycles. The first kappa shape index (κ1) is 15.8. The number of amides is 1. The Kier molecular flexibility index (Phi) is 5.30. The second kappa shape index (κ2) is 7.40. The van der Waals surface area contributed by atoms with E-state index in [9.17, 15) is 9.59 Å². The zero-order chi connectivity index (χ0) is 15.9. The lowest BCUT2D eigenvalue weighted by molar-refractivity contribution is -0.137. The zero-order valence-electron chi connectivity index (χ0n) is 12.4. The third-order valence-electron chi connectivity index (χ3n) is 3.29. The highest BCUT2D eigenvalue weighted by molar-refractivity contribution is 5.94. The van der Waals surface area contributed by atoms with Crippen LogP contribution < -0.4 is 0 Å². The lowest BCUT2D eigenvalue weighted by Gasteiger charge is -2.20. The van der Waals surface area contributed by atoms with Gasteiger partial charge in [0.2, 0.25) is 0 Å². The molecule has 6 nitrogen and oxygen atoms in total. The van der Waals surface area contributed by atoms with Gasteiger partial charge < -0.3 is 14.4 Å². The lowest BCUT2D eigenvalue weighted by Crippen LogP contribution is -2.37. The Balaban J connectivity index is 2.11. The minimum absolute atomic E-state index is 0.191. The second-order valence-corrected chi connectivity index (χ2v) is 4.83. The summed E-state index contributed by atoms with van der Waals surface area (Å²) < 4.78 is 5.15. The van der Waals surface area contributed by atoms with Crippen molar-refractivity contribution < 1.29 is 19.1 Å². The molecule has 0 atom stereocenters. The van der Waals surface area contributed by atoms with E-state index < -0.39 is 11.9 Å². The second-order valence-electron chi connectivity index (χ2n) is 4.83. The van der Waals surface area contributed by atoms with Crippen LogP contribution in [0.1, 0.15) is 28.7 Å². The number of benzene rings is 1. The Labute approximate surface area is 128 Å². The van der Waals surface area contributed by atoms with E-state index in [1.54, 1.807) is 0 Å². The van der Waals surface area contributed by atoms with Gasteiger partial charge in [0.15, 0.2) is 12.1 Å². The normalized spacial score (nSPS) is 10.4. The summed E-state index contributed by atoms with van der Waals surface area (Å²) in [7, 11) is 0. The monoisotopic (exact) mass is 302 g/mol. The number of aliphatic carboxylic acids is 1. The predicted octanol–water partition coefficient (Wildman–Crippen LogP) is 2.01. The first-order chi connectivity index (χ1) is 10.6. The van der Waals surface area contributed by atoms with Gasteiger partial charge >= 0.3 is 5.97 Å². The van der Waals surface area contributed by atoms with Crippen molar-refractivity contribution in [3.05, 3.63) is 53.7 Å². The number of aromatic nitrogens is 1. The summed E-state index contributed by atoms with van der Waals surface area (Å²) in [5.41, 5.74) is 1.23. The summed E-state index contributed by atoms with van der Waals surface area (Å²) in [6.07, 6.45) is 2.32. The van der Waals surface area contributed by atoms with Crippen molar-refractivity contribution >= 4 is 11.9 Å². The molecule has 0 fully saturated rings. The van der Waals surface area contributed by atoms with Gasteiger partial charge in [-0.15, -0.1) is 0 Å². The van der Waals surface area contributed by atoms with Crippen molar-refractivity contribution in [1.29, 1.82) is 0 Å². The maximum atomic E-state index is 12.5. The number of hydrogen-bond acceptors (Lipinski definition) is 4. The van der Waals surface area contributed by atoms with E-state index in [0.717, 1.165) is 5.56 Å². The van der Waals surface area contributed by atoms with Crippen LogP contribution in [0, 0.1) is 0 Å².